The van der Waals surface area contributed by atoms with Crippen LogP contribution in [-0.4, -0.2) is 22.0 Å². The summed E-state index contributed by atoms with van der Waals surface area (Å²) in [4.78, 5) is 33.1. The Kier molecular flexibility index (Phi) is 4.79. The molecule has 0 unspecified atom stereocenters. The lowest BCUT2D eigenvalue weighted by atomic mass is 10.1. The second kappa shape index (κ2) is 7.63. The molecule has 6 heteroatoms. The Balaban J connectivity index is 1.81. The lowest BCUT2D eigenvalue weighted by Crippen LogP contribution is -2.26. The number of fused-ring (bicyclic) bond motifs is 2. The van der Waals surface area contributed by atoms with E-state index in [0.717, 1.165) is 15.7 Å². The average Bonchev–Trinajstić information content (AvgIpc) is 3.06. The van der Waals surface area contributed by atoms with Crippen molar-refractivity contribution in [1.82, 2.24) is 9.55 Å². The summed E-state index contributed by atoms with van der Waals surface area (Å²) < 4.78 is 2.48. The summed E-state index contributed by atoms with van der Waals surface area (Å²) in [5.41, 5.74) is 3.36. The highest BCUT2D eigenvalue weighted by Crippen LogP contribution is 2.37. The minimum atomic E-state index is -0.175. The standard InChI is InChI=1S/C25H18BrN3O2/c1-2-28-22-10-6-4-7-18(22)20(24(28)30)15-23-27-21-9-5-3-8-19(21)25(31)29(23)17-13-11-16(26)12-14-17/h3-15H,2H2,1H3/b20-15-. The number of nitrogens with zero attached hydrogens (tertiary/aromatic N) is 3. The Hall–Kier alpha value is -3.51. The van der Waals surface area contributed by atoms with Crippen molar-refractivity contribution in [2.24, 2.45) is 0 Å². The summed E-state index contributed by atoms with van der Waals surface area (Å²) in [6.07, 6.45) is 1.73. The zero-order chi connectivity index (χ0) is 21.5. The topological polar surface area (TPSA) is 55.2 Å². The van der Waals surface area contributed by atoms with Gasteiger partial charge in [0.25, 0.3) is 11.5 Å². The summed E-state index contributed by atoms with van der Waals surface area (Å²) in [5.74, 6) is 0.329. The van der Waals surface area contributed by atoms with Crippen molar-refractivity contribution in [3.8, 4) is 5.69 Å². The summed E-state index contributed by atoms with van der Waals surface area (Å²) in [5, 5.41) is 0.529. The third-order valence-electron chi connectivity index (χ3n) is 5.44. The summed E-state index contributed by atoms with van der Waals surface area (Å²) >= 11 is 3.44. The van der Waals surface area contributed by atoms with Crippen LogP contribution in [0.25, 0.3) is 28.2 Å². The van der Waals surface area contributed by atoms with Crippen LogP contribution in [0.15, 0.2) is 82.1 Å². The Morgan fingerprint density at radius 2 is 1.65 bits per heavy atom. The lowest BCUT2D eigenvalue weighted by molar-refractivity contribution is -0.112. The van der Waals surface area contributed by atoms with Crippen molar-refractivity contribution in [1.29, 1.82) is 0 Å². The fourth-order valence-electron chi connectivity index (χ4n) is 3.98. The quantitative estimate of drug-likeness (QED) is 0.392. The molecule has 0 radical (unpaired) electrons. The van der Waals surface area contributed by atoms with Crippen LogP contribution in [0.4, 0.5) is 5.69 Å². The van der Waals surface area contributed by atoms with Gasteiger partial charge in [-0.2, -0.15) is 0 Å². The molecule has 1 aromatic heterocycles. The molecule has 0 atom stereocenters. The summed E-state index contributed by atoms with van der Waals surface area (Å²) in [7, 11) is 0. The number of rotatable bonds is 3. The van der Waals surface area contributed by atoms with E-state index < -0.39 is 0 Å². The Morgan fingerprint density at radius 3 is 2.42 bits per heavy atom. The molecule has 0 saturated carbocycles. The molecule has 4 aromatic rings. The van der Waals surface area contributed by atoms with Gasteiger partial charge in [-0.1, -0.05) is 46.3 Å². The highest BCUT2D eigenvalue weighted by molar-refractivity contribution is 9.10. The number of hydrogen-bond donors (Lipinski definition) is 0. The zero-order valence-corrected chi connectivity index (χ0v) is 18.3. The largest absolute Gasteiger partial charge is 0.308 e. The van der Waals surface area contributed by atoms with E-state index in [9.17, 15) is 9.59 Å². The predicted octanol–water partition coefficient (Wildman–Crippen LogP) is 5.06. The SMILES string of the molecule is CCN1C(=O)/C(=C\c2nc3ccccc3c(=O)n2-c2ccc(Br)cc2)c2ccccc21. The summed E-state index contributed by atoms with van der Waals surface area (Å²) in [6.45, 7) is 2.52. The second-order valence-corrected chi connectivity index (χ2v) is 8.14. The first-order valence-electron chi connectivity index (χ1n) is 9.99. The Bertz CT molecular complexity index is 1420. The van der Waals surface area contributed by atoms with Gasteiger partial charge in [-0.05, 0) is 55.5 Å². The van der Waals surface area contributed by atoms with Crippen molar-refractivity contribution in [2.75, 3.05) is 11.4 Å². The van der Waals surface area contributed by atoms with Crippen LogP contribution in [0.3, 0.4) is 0 Å². The molecule has 2 heterocycles. The monoisotopic (exact) mass is 471 g/mol. The number of hydrogen-bond acceptors (Lipinski definition) is 3. The number of carbonyl (C=O) groups excluding carboxylic acids is 1. The fourth-order valence-corrected chi connectivity index (χ4v) is 4.24. The van der Waals surface area contributed by atoms with Crippen LogP contribution < -0.4 is 10.5 Å². The van der Waals surface area contributed by atoms with E-state index in [2.05, 4.69) is 15.9 Å². The molecule has 31 heavy (non-hydrogen) atoms. The Labute approximate surface area is 187 Å². The number of likely N-dealkylation sites (N-methyl/N-ethyl adjacent to an activating group) is 1. The van der Waals surface area contributed by atoms with Crippen LogP contribution in [0.2, 0.25) is 0 Å². The zero-order valence-electron chi connectivity index (χ0n) is 16.7. The van der Waals surface area contributed by atoms with Gasteiger partial charge in [-0.3, -0.25) is 14.2 Å². The maximum atomic E-state index is 13.4. The molecule has 5 nitrogen and oxygen atoms in total. The van der Waals surface area contributed by atoms with E-state index in [-0.39, 0.29) is 11.5 Å². The molecule has 0 N–H and O–H groups in total. The van der Waals surface area contributed by atoms with E-state index in [1.165, 1.54) is 0 Å². The van der Waals surface area contributed by atoms with E-state index in [1.54, 1.807) is 21.6 Å². The van der Waals surface area contributed by atoms with Crippen molar-refractivity contribution in [3.63, 3.8) is 0 Å². The molecular formula is C25H18BrN3O2. The molecule has 0 fully saturated rings. The van der Waals surface area contributed by atoms with Gasteiger partial charge in [0.1, 0.15) is 5.82 Å². The first kappa shape index (κ1) is 19.5. The minimum Gasteiger partial charge on any atom is -0.308 e. The normalized spacial score (nSPS) is 14.5. The lowest BCUT2D eigenvalue weighted by Gasteiger charge is -2.14. The van der Waals surface area contributed by atoms with E-state index in [1.807, 2.05) is 73.7 Å². The predicted molar refractivity (Wildman–Crippen MR) is 127 cm³/mol. The highest BCUT2D eigenvalue weighted by atomic mass is 79.9. The number of para-hydroxylation sites is 2. The van der Waals surface area contributed by atoms with Gasteiger partial charge < -0.3 is 4.90 Å². The number of anilines is 1. The van der Waals surface area contributed by atoms with Crippen molar-refractivity contribution < 1.29 is 4.79 Å². The first-order chi connectivity index (χ1) is 15.1. The van der Waals surface area contributed by atoms with Crippen LogP contribution >= 0.6 is 15.9 Å². The van der Waals surface area contributed by atoms with Crippen LogP contribution in [0.5, 0.6) is 0 Å². The number of aromatic nitrogens is 2. The van der Waals surface area contributed by atoms with Gasteiger partial charge in [-0.25, -0.2) is 4.98 Å². The molecule has 0 bridgehead atoms. The van der Waals surface area contributed by atoms with Crippen molar-refractivity contribution in [2.45, 2.75) is 6.92 Å². The molecule has 1 aliphatic heterocycles. The van der Waals surface area contributed by atoms with Crippen molar-refractivity contribution in [3.05, 3.63) is 99.0 Å². The molecule has 3 aromatic carbocycles. The fraction of sp³-hybridized carbons (Fsp3) is 0.0800. The van der Waals surface area contributed by atoms with Crippen molar-refractivity contribution >= 4 is 50.1 Å². The maximum Gasteiger partial charge on any atom is 0.266 e. The second-order valence-electron chi connectivity index (χ2n) is 7.23. The number of carbonyl (C=O) groups is 1. The molecule has 1 aliphatic rings. The minimum absolute atomic E-state index is 0.0894. The summed E-state index contributed by atoms with van der Waals surface area (Å²) in [6, 6.07) is 22.4. The molecule has 1 amide bonds. The van der Waals surface area contributed by atoms with Crippen LogP contribution in [0.1, 0.15) is 18.3 Å². The highest BCUT2D eigenvalue weighted by Gasteiger charge is 2.31. The maximum absolute atomic E-state index is 13.4. The third-order valence-corrected chi connectivity index (χ3v) is 5.97. The molecule has 0 saturated heterocycles. The number of amides is 1. The molecule has 152 valence electrons. The molecular weight excluding hydrogens is 454 g/mol. The smallest absolute Gasteiger partial charge is 0.266 e. The van der Waals surface area contributed by atoms with Gasteiger partial charge in [0, 0.05) is 16.6 Å². The van der Waals surface area contributed by atoms with E-state index >= 15 is 0 Å². The third kappa shape index (κ3) is 3.20. The van der Waals surface area contributed by atoms with E-state index in [0.29, 0.717) is 34.5 Å². The van der Waals surface area contributed by atoms with Gasteiger partial charge in [-0.15, -0.1) is 0 Å². The Morgan fingerprint density at radius 1 is 0.935 bits per heavy atom. The van der Waals surface area contributed by atoms with Gasteiger partial charge in [0.05, 0.1) is 27.9 Å². The molecule has 0 spiro atoms. The number of benzene rings is 3. The number of halogens is 1. The average molecular weight is 472 g/mol. The first-order valence-corrected chi connectivity index (χ1v) is 10.8. The van der Waals surface area contributed by atoms with Crippen LogP contribution in [0, 0.1) is 0 Å². The van der Waals surface area contributed by atoms with Gasteiger partial charge in [0.2, 0.25) is 0 Å². The van der Waals surface area contributed by atoms with Gasteiger partial charge >= 0.3 is 0 Å². The molecule has 0 aliphatic carbocycles. The van der Waals surface area contributed by atoms with Crippen LogP contribution in [-0.2, 0) is 4.79 Å². The van der Waals surface area contributed by atoms with E-state index in [4.69, 9.17) is 4.98 Å². The molecule has 5 rings (SSSR count). The van der Waals surface area contributed by atoms with Gasteiger partial charge in [0.15, 0.2) is 0 Å².